The summed E-state index contributed by atoms with van der Waals surface area (Å²) in [7, 11) is 1.58. The normalized spacial score (nSPS) is 16.0. The van der Waals surface area contributed by atoms with Crippen molar-refractivity contribution in [2.75, 3.05) is 23.9 Å². The van der Waals surface area contributed by atoms with Crippen LogP contribution in [0.5, 0.6) is 5.75 Å². The molecule has 1 atom stereocenters. The molecule has 4 rings (SSSR count). The van der Waals surface area contributed by atoms with Crippen LogP contribution in [0.15, 0.2) is 48.5 Å². The third-order valence-electron chi connectivity index (χ3n) is 5.05. The number of nitrogens with one attached hydrogen (secondary N) is 1. The van der Waals surface area contributed by atoms with Gasteiger partial charge in [-0.15, -0.1) is 10.2 Å². The summed E-state index contributed by atoms with van der Waals surface area (Å²) in [6.07, 6.45) is 0.569. The van der Waals surface area contributed by atoms with E-state index in [1.807, 2.05) is 55.5 Å². The number of hydrogen-bond acceptors (Lipinski definition) is 6. The molecule has 0 bridgehead atoms. The lowest BCUT2D eigenvalue weighted by Crippen LogP contribution is -2.24. The average molecular weight is 423 g/mol. The van der Waals surface area contributed by atoms with Crippen molar-refractivity contribution in [2.24, 2.45) is 0 Å². The molecular weight excluding hydrogens is 400 g/mol. The zero-order valence-electron chi connectivity index (χ0n) is 16.8. The number of methoxy groups -OCH3 is 1. The molecule has 3 aromatic rings. The van der Waals surface area contributed by atoms with Crippen LogP contribution in [0.25, 0.3) is 0 Å². The van der Waals surface area contributed by atoms with Gasteiger partial charge in [0.1, 0.15) is 10.8 Å². The molecule has 1 aliphatic rings. The van der Waals surface area contributed by atoms with Crippen molar-refractivity contribution in [2.45, 2.75) is 25.7 Å². The van der Waals surface area contributed by atoms with Gasteiger partial charge in [-0.1, -0.05) is 47.2 Å². The minimum absolute atomic E-state index is 0.0313. The Balaban J connectivity index is 1.40. The monoisotopic (exact) mass is 422 g/mol. The summed E-state index contributed by atoms with van der Waals surface area (Å²) < 4.78 is 5.29. The fraction of sp³-hybridized carbons (Fsp3) is 0.273. The van der Waals surface area contributed by atoms with Gasteiger partial charge >= 0.3 is 0 Å². The highest BCUT2D eigenvalue weighted by Gasteiger charge is 2.34. The number of carbonyl (C=O) groups is 2. The van der Waals surface area contributed by atoms with E-state index in [1.165, 1.54) is 11.3 Å². The molecule has 7 nitrogen and oxygen atoms in total. The minimum Gasteiger partial charge on any atom is -0.496 e. The first-order valence-corrected chi connectivity index (χ1v) is 10.5. The Morgan fingerprint density at radius 3 is 2.73 bits per heavy atom. The van der Waals surface area contributed by atoms with Gasteiger partial charge in [0.25, 0.3) is 0 Å². The Hall–Kier alpha value is -3.26. The standard InChI is InChI=1S/C22H22N4O3S/c1-14-7-9-17(10-8-14)26-13-16(12-20(26)28)21-24-25-22(30-21)23-19(27)11-15-5-3-4-6-18(15)29-2/h3-10,16H,11-13H2,1-2H3,(H,23,25,27). The minimum atomic E-state index is -0.189. The van der Waals surface area contributed by atoms with Crippen molar-refractivity contribution >= 4 is 34.0 Å². The number of anilines is 2. The second-order valence-electron chi connectivity index (χ2n) is 7.22. The molecule has 2 amide bonds. The largest absolute Gasteiger partial charge is 0.496 e. The summed E-state index contributed by atoms with van der Waals surface area (Å²) in [6.45, 7) is 2.58. The van der Waals surface area contributed by atoms with Gasteiger partial charge in [0.2, 0.25) is 16.9 Å². The Morgan fingerprint density at radius 1 is 1.20 bits per heavy atom. The lowest BCUT2D eigenvalue weighted by atomic mass is 10.1. The number of benzene rings is 2. The number of aromatic nitrogens is 2. The van der Waals surface area contributed by atoms with Gasteiger partial charge in [-0.05, 0) is 25.1 Å². The lowest BCUT2D eigenvalue weighted by Gasteiger charge is -2.16. The summed E-state index contributed by atoms with van der Waals surface area (Å²) in [4.78, 5) is 26.7. The molecule has 0 saturated carbocycles. The lowest BCUT2D eigenvalue weighted by molar-refractivity contribution is -0.117. The molecule has 8 heteroatoms. The predicted molar refractivity (Wildman–Crippen MR) is 116 cm³/mol. The number of nitrogens with zero attached hydrogens (tertiary/aromatic N) is 3. The van der Waals surface area contributed by atoms with Crippen molar-refractivity contribution in [3.05, 3.63) is 64.7 Å². The van der Waals surface area contributed by atoms with E-state index in [9.17, 15) is 9.59 Å². The number of carbonyl (C=O) groups excluding carboxylic acids is 2. The fourth-order valence-corrected chi connectivity index (χ4v) is 4.33. The van der Waals surface area contributed by atoms with Crippen LogP contribution in [0.4, 0.5) is 10.8 Å². The van der Waals surface area contributed by atoms with E-state index in [4.69, 9.17) is 4.74 Å². The van der Waals surface area contributed by atoms with Crippen molar-refractivity contribution in [3.8, 4) is 5.75 Å². The van der Waals surface area contributed by atoms with Gasteiger partial charge in [0, 0.05) is 30.1 Å². The number of amides is 2. The van der Waals surface area contributed by atoms with Crippen LogP contribution in [0.2, 0.25) is 0 Å². The van der Waals surface area contributed by atoms with Crippen LogP contribution in [0.3, 0.4) is 0 Å². The maximum Gasteiger partial charge on any atom is 0.230 e. The van der Waals surface area contributed by atoms with E-state index >= 15 is 0 Å². The highest BCUT2D eigenvalue weighted by molar-refractivity contribution is 7.15. The van der Waals surface area contributed by atoms with E-state index in [2.05, 4.69) is 15.5 Å². The molecule has 0 aliphatic carbocycles. The highest BCUT2D eigenvalue weighted by atomic mass is 32.1. The van der Waals surface area contributed by atoms with Crippen molar-refractivity contribution in [1.82, 2.24) is 10.2 Å². The highest BCUT2D eigenvalue weighted by Crippen LogP contribution is 2.34. The number of ether oxygens (including phenoxy) is 1. The summed E-state index contributed by atoms with van der Waals surface area (Å²) in [5.74, 6) is 0.522. The smallest absolute Gasteiger partial charge is 0.230 e. The van der Waals surface area contributed by atoms with Gasteiger partial charge in [0.15, 0.2) is 0 Å². The van der Waals surface area contributed by atoms with Crippen LogP contribution >= 0.6 is 11.3 Å². The zero-order chi connectivity index (χ0) is 21.1. The Bertz CT molecular complexity index is 1060. The Labute approximate surface area is 178 Å². The quantitative estimate of drug-likeness (QED) is 0.657. The second-order valence-corrected chi connectivity index (χ2v) is 8.23. The van der Waals surface area contributed by atoms with E-state index in [0.29, 0.717) is 23.8 Å². The summed E-state index contributed by atoms with van der Waals surface area (Å²) >= 11 is 1.32. The summed E-state index contributed by atoms with van der Waals surface area (Å²) in [6, 6.07) is 15.3. The van der Waals surface area contributed by atoms with Gasteiger partial charge < -0.3 is 15.0 Å². The predicted octanol–water partition coefficient (Wildman–Crippen LogP) is 3.56. The van der Waals surface area contributed by atoms with E-state index in [0.717, 1.165) is 21.8 Å². The zero-order valence-corrected chi connectivity index (χ0v) is 17.6. The van der Waals surface area contributed by atoms with Gasteiger partial charge in [0.05, 0.1) is 13.5 Å². The fourth-order valence-electron chi connectivity index (χ4n) is 3.48. The molecule has 154 valence electrons. The maximum atomic E-state index is 12.5. The first-order valence-electron chi connectivity index (χ1n) is 9.65. The maximum absolute atomic E-state index is 12.5. The average Bonchev–Trinajstić information content (AvgIpc) is 3.35. The van der Waals surface area contributed by atoms with Crippen molar-refractivity contribution < 1.29 is 14.3 Å². The molecule has 1 saturated heterocycles. The molecular formula is C22H22N4O3S. The van der Waals surface area contributed by atoms with Crippen LogP contribution < -0.4 is 15.0 Å². The van der Waals surface area contributed by atoms with Crippen LogP contribution in [0, 0.1) is 6.92 Å². The third-order valence-corrected chi connectivity index (χ3v) is 6.05. The molecule has 30 heavy (non-hydrogen) atoms. The van der Waals surface area contributed by atoms with E-state index in [1.54, 1.807) is 12.0 Å². The molecule has 1 fully saturated rings. The van der Waals surface area contributed by atoms with E-state index in [-0.39, 0.29) is 24.2 Å². The topological polar surface area (TPSA) is 84.4 Å². The van der Waals surface area contributed by atoms with Crippen molar-refractivity contribution in [1.29, 1.82) is 0 Å². The van der Waals surface area contributed by atoms with Crippen LogP contribution in [0.1, 0.15) is 28.5 Å². The first-order chi connectivity index (χ1) is 14.5. The number of hydrogen-bond donors (Lipinski definition) is 1. The molecule has 0 spiro atoms. The molecule has 2 aromatic carbocycles. The third kappa shape index (κ3) is 4.33. The van der Waals surface area contributed by atoms with Gasteiger partial charge in [-0.25, -0.2) is 0 Å². The number of para-hydroxylation sites is 1. The Kier molecular flexibility index (Phi) is 5.76. The molecule has 1 unspecified atom stereocenters. The second kappa shape index (κ2) is 8.62. The Morgan fingerprint density at radius 2 is 1.97 bits per heavy atom. The summed E-state index contributed by atoms with van der Waals surface area (Å²) in [5, 5.41) is 12.3. The van der Waals surface area contributed by atoms with Crippen molar-refractivity contribution in [3.63, 3.8) is 0 Å². The molecule has 1 N–H and O–H groups in total. The number of rotatable bonds is 6. The van der Waals surface area contributed by atoms with Crippen LogP contribution in [-0.2, 0) is 16.0 Å². The SMILES string of the molecule is COc1ccccc1CC(=O)Nc1nnc(C2CC(=O)N(c3ccc(C)cc3)C2)s1. The van der Waals surface area contributed by atoms with E-state index < -0.39 is 0 Å². The van der Waals surface area contributed by atoms with Gasteiger partial charge in [-0.3, -0.25) is 9.59 Å². The molecule has 1 aromatic heterocycles. The molecule has 0 radical (unpaired) electrons. The number of aryl methyl sites for hydroxylation is 1. The molecule has 1 aliphatic heterocycles. The van der Waals surface area contributed by atoms with Crippen LogP contribution in [-0.4, -0.2) is 35.7 Å². The molecule has 2 heterocycles. The first kappa shape index (κ1) is 20.0. The van der Waals surface area contributed by atoms with Gasteiger partial charge in [-0.2, -0.15) is 0 Å². The summed E-state index contributed by atoms with van der Waals surface area (Å²) in [5.41, 5.74) is 2.85.